The molecule has 1 N–H and O–H groups in total. The molecule has 0 aromatic carbocycles. The minimum Gasteiger partial charge on any atom is -0.480 e. The fourth-order valence-electron chi connectivity index (χ4n) is 2.60. The third-order valence-electron chi connectivity index (χ3n) is 3.81. The van der Waals surface area contributed by atoms with Crippen LogP contribution in [0.4, 0.5) is 0 Å². The van der Waals surface area contributed by atoms with Crippen molar-refractivity contribution in [1.29, 1.82) is 0 Å². The summed E-state index contributed by atoms with van der Waals surface area (Å²) in [6.07, 6.45) is 3.04. The van der Waals surface area contributed by atoms with E-state index in [1.165, 1.54) is 0 Å². The summed E-state index contributed by atoms with van der Waals surface area (Å²) >= 11 is 0. The van der Waals surface area contributed by atoms with Gasteiger partial charge in [-0.3, -0.25) is 9.69 Å². The van der Waals surface area contributed by atoms with Gasteiger partial charge in [0.2, 0.25) is 0 Å². The van der Waals surface area contributed by atoms with Crippen LogP contribution in [0.1, 0.15) is 33.1 Å². The molecule has 2 fully saturated rings. The summed E-state index contributed by atoms with van der Waals surface area (Å²) in [7, 11) is 0. The number of rotatable bonds is 2. The lowest BCUT2D eigenvalue weighted by Crippen LogP contribution is -2.44. The second-order valence-corrected chi connectivity index (χ2v) is 4.65. The van der Waals surface area contributed by atoms with Gasteiger partial charge in [-0.1, -0.05) is 6.92 Å². The molecule has 0 aromatic rings. The van der Waals surface area contributed by atoms with Crippen molar-refractivity contribution in [2.24, 2.45) is 5.92 Å². The summed E-state index contributed by atoms with van der Waals surface area (Å²) in [4.78, 5) is 13.1. The number of likely N-dealkylation sites (tertiary alicyclic amines) is 1. The molecule has 74 valence electrons. The van der Waals surface area contributed by atoms with Crippen LogP contribution >= 0.6 is 0 Å². The van der Waals surface area contributed by atoms with Crippen molar-refractivity contribution in [1.82, 2.24) is 4.90 Å². The first-order chi connectivity index (χ1) is 6.05. The quantitative estimate of drug-likeness (QED) is 0.702. The number of hydrogen-bond donors (Lipinski definition) is 1. The van der Waals surface area contributed by atoms with E-state index in [1.807, 2.05) is 0 Å². The van der Waals surface area contributed by atoms with Gasteiger partial charge in [0.05, 0.1) is 0 Å². The molecule has 3 unspecified atom stereocenters. The van der Waals surface area contributed by atoms with E-state index in [0.29, 0.717) is 5.92 Å². The minimum absolute atomic E-state index is 0.194. The Hall–Kier alpha value is -0.570. The maximum atomic E-state index is 11.0. The van der Waals surface area contributed by atoms with Crippen LogP contribution in [0.5, 0.6) is 0 Å². The molecule has 3 nitrogen and oxygen atoms in total. The maximum Gasteiger partial charge on any atom is 0.320 e. The molecule has 2 rings (SSSR count). The molecule has 1 aliphatic carbocycles. The first-order valence-electron chi connectivity index (χ1n) is 5.05. The van der Waals surface area contributed by atoms with E-state index in [1.54, 1.807) is 0 Å². The van der Waals surface area contributed by atoms with E-state index in [-0.39, 0.29) is 11.6 Å². The molecule has 3 heteroatoms. The first-order valence-corrected chi connectivity index (χ1v) is 5.05. The SMILES string of the molecule is CC1CC1(C)N1CCCC1C(=O)O. The second-order valence-electron chi connectivity index (χ2n) is 4.65. The highest BCUT2D eigenvalue weighted by molar-refractivity contribution is 5.74. The lowest BCUT2D eigenvalue weighted by Gasteiger charge is -2.29. The van der Waals surface area contributed by atoms with E-state index in [9.17, 15) is 4.79 Å². The Morgan fingerprint density at radius 1 is 1.62 bits per heavy atom. The molecule has 2 aliphatic rings. The Kier molecular flexibility index (Phi) is 1.88. The van der Waals surface area contributed by atoms with Crippen molar-refractivity contribution in [2.45, 2.75) is 44.7 Å². The van der Waals surface area contributed by atoms with E-state index in [0.717, 1.165) is 25.8 Å². The summed E-state index contributed by atoms with van der Waals surface area (Å²) < 4.78 is 0. The van der Waals surface area contributed by atoms with Crippen LogP contribution < -0.4 is 0 Å². The topological polar surface area (TPSA) is 40.5 Å². The number of aliphatic carboxylic acids is 1. The maximum absolute atomic E-state index is 11.0. The zero-order valence-corrected chi connectivity index (χ0v) is 8.29. The predicted molar refractivity (Wildman–Crippen MR) is 49.5 cm³/mol. The molecule has 13 heavy (non-hydrogen) atoms. The molecule has 1 aliphatic heterocycles. The summed E-state index contributed by atoms with van der Waals surface area (Å²) in [6.45, 7) is 5.37. The number of carboxylic acid groups (broad SMARTS) is 1. The van der Waals surface area contributed by atoms with Gasteiger partial charge in [0.1, 0.15) is 6.04 Å². The Balaban J connectivity index is 2.10. The summed E-state index contributed by atoms with van der Waals surface area (Å²) in [6, 6.07) is -0.213. The molecular weight excluding hydrogens is 166 g/mol. The third kappa shape index (κ3) is 1.26. The van der Waals surface area contributed by atoms with Gasteiger partial charge in [-0.25, -0.2) is 0 Å². The van der Waals surface area contributed by atoms with Gasteiger partial charge in [0, 0.05) is 5.54 Å². The Labute approximate surface area is 78.7 Å². The Morgan fingerprint density at radius 3 is 2.69 bits per heavy atom. The molecule has 1 saturated heterocycles. The zero-order chi connectivity index (χ0) is 9.64. The molecule has 1 saturated carbocycles. The lowest BCUT2D eigenvalue weighted by molar-refractivity contribution is -0.143. The van der Waals surface area contributed by atoms with Crippen molar-refractivity contribution >= 4 is 5.97 Å². The van der Waals surface area contributed by atoms with Crippen LogP contribution in [0.25, 0.3) is 0 Å². The van der Waals surface area contributed by atoms with Gasteiger partial charge in [-0.05, 0) is 38.6 Å². The van der Waals surface area contributed by atoms with Crippen LogP contribution in [0.2, 0.25) is 0 Å². The van der Waals surface area contributed by atoms with Crippen molar-refractivity contribution in [3.05, 3.63) is 0 Å². The standard InChI is InChI=1S/C10H17NO2/c1-7-6-10(7,2)11-5-3-4-8(11)9(12)13/h7-8H,3-6H2,1-2H3,(H,12,13). The largest absolute Gasteiger partial charge is 0.480 e. The molecule has 0 radical (unpaired) electrons. The first kappa shape index (κ1) is 9.00. The smallest absolute Gasteiger partial charge is 0.320 e. The highest BCUT2D eigenvalue weighted by atomic mass is 16.4. The predicted octanol–water partition coefficient (Wildman–Crippen LogP) is 1.33. The van der Waals surface area contributed by atoms with E-state index in [4.69, 9.17) is 5.11 Å². The minimum atomic E-state index is -0.641. The average molecular weight is 183 g/mol. The Bertz CT molecular complexity index is 241. The molecule has 1 heterocycles. The van der Waals surface area contributed by atoms with Gasteiger partial charge >= 0.3 is 5.97 Å². The fraction of sp³-hybridized carbons (Fsp3) is 0.900. The summed E-state index contributed by atoms with van der Waals surface area (Å²) in [5.74, 6) is 0.0327. The van der Waals surface area contributed by atoms with Gasteiger partial charge < -0.3 is 5.11 Å². The van der Waals surface area contributed by atoms with E-state index < -0.39 is 5.97 Å². The zero-order valence-electron chi connectivity index (χ0n) is 8.29. The number of nitrogens with zero attached hydrogens (tertiary/aromatic N) is 1. The normalized spacial score (nSPS) is 45.1. The number of hydrogen-bond acceptors (Lipinski definition) is 2. The van der Waals surface area contributed by atoms with Gasteiger partial charge in [-0.15, -0.1) is 0 Å². The van der Waals surface area contributed by atoms with Crippen LogP contribution in [-0.2, 0) is 4.79 Å². The van der Waals surface area contributed by atoms with Gasteiger partial charge in [0.25, 0.3) is 0 Å². The van der Waals surface area contributed by atoms with E-state index in [2.05, 4.69) is 18.7 Å². The third-order valence-corrected chi connectivity index (χ3v) is 3.81. The monoisotopic (exact) mass is 183 g/mol. The highest BCUT2D eigenvalue weighted by Gasteiger charge is 2.55. The van der Waals surface area contributed by atoms with Gasteiger partial charge in [-0.2, -0.15) is 0 Å². The molecule has 0 aromatic heterocycles. The van der Waals surface area contributed by atoms with Crippen molar-refractivity contribution in [3.8, 4) is 0 Å². The fourth-order valence-corrected chi connectivity index (χ4v) is 2.60. The van der Waals surface area contributed by atoms with Crippen LogP contribution in [-0.4, -0.2) is 34.1 Å². The number of carbonyl (C=O) groups is 1. The Morgan fingerprint density at radius 2 is 2.23 bits per heavy atom. The highest BCUT2D eigenvalue weighted by Crippen LogP contribution is 2.50. The number of carboxylic acids is 1. The van der Waals surface area contributed by atoms with E-state index >= 15 is 0 Å². The van der Waals surface area contributed by atoms with Crippen LogP contribution in [0.3, 0.4) is 0 Å². The van der Waals surface area contributed by atoms with Crippen molar-refractivity contribution in [2.75, 3.05) is 6.54 Å². The molecular formula is C10H17NO2. The van der Waals surface area contributed by atoms with Crippen LogP contribution in [0.15, 0.2) is 0 Å². The van der Waals surface area contributed by atoms with Gasteiger partial charge in [0.15, 0.2) is 0 Å². The second kappa shape index (κ2) is 2.71. The molecule has 3 atom stereocenters. The van der Waals surface area contributed by atoms with Crippen molar-refractivity contribution in [3.63, 3.8) is 0 Å². The van der Waals surface area contributed by atoms with Crippen molar-refractivity contribution < 1.29 is 9.90 Å². The van der Waals surface area contributed by atoms with Crippen LogP contribution in [0, 0.1) is 5.92 Å². The molecule has 0 amide bonds. The molecule has 0 spiro atoms. The lowest BCUT2D eigenvalue weighted by atomic mass is 10.1. The molecule has 0 bridgehead atoms. The average Bonchev–Trinajstić information content (AvgIpc) is 2.54. The summed E-state index contributed by atoms with van der Waals surface area (Å²) in [5.41, 5.74) is 0.194. The summed E-state index contributed by atoms with van der Waals surface area (Å²) in [5, 5.41) is 9.02.